The first-order valence-electron chi connectivity index (χ1n) is 6.58. The standard InChI is InChI=1S/C16H23NO/c1-6-9-14-12(4)10-11-15(13(14)5)16(18)17(7-2)8-3/h6,9-11H,7-8H2,1-5H3/b9-6+. The van der Waals surface area contributed by atoms with E-state index in [0.29, 0.717) is 0 Å². The molecule has 0 saturated carbocycles. The SMILES string of the molecule is C/C=C/c1c(C)ccc(C(=O)N(CC)CC)c1C. The summed E-state index contributed by atoms with van der Waals surface area (Å²) in [4.78, 5) is 14.3. The zero-order chi connectivity index (χ0) is 13.7. The van der Waals surface area contributed by atoms with E-state index in [1.165, 1.54) is 5.56 Å². The number of rotatable bonds is 4. The molecule has 0 aliphatic rings. The van der Waals surface area contributed by atoms with E-state index in [2.05, 4.69) is 13.0 Å². The first-order valence-corrected chi connectivity index (χ1v) is 6.58. The lowest BCUT2D eigenvalue weighted by molar-refractivity contribution is 0.0772. The molecule has 0 atom stereocenters. The lowest BCUT2D eigenvalue weighted by atomic mass is 9.96. The van der Waals surface area contributed by atoms with Gasteiger partial charge in [0.1, 0.15) is 0 Å². The first kappa shape index (κ1) is 14.5. The summed E-state index contributed by atoms with van der Waals surface area (Å²) in [5, 5.41) is 0. The predicted molar refractivity (Wildman–Crippen MR) is 77.9 cm³/mol. The van der Waals surface area contributed by atoms with E-state index < -0.39 is 0 Å². The van der Waals surface area contributed by atoms with E-state index in [4.69, 9.17) is 0 Å². The lowest BCUT2D eigenvalue weighted by Crippen LogP contribution is -2.31. The molecule has 0 aliphatic heterocycles. The Morgan fingerprint density at radius 2 is 1.83 bits per heavy atom. The molecule has 0 fully saturated rings. The number of hydrogen-bond acceptors (Lipinski definition) is 1. The number of nitrogens with zero attached hydrogens (tertiary/aromatic N) is 1. The van der Waals surface area contributed by atoms with Crippen molar-refractivity contribution in [2.75, 3.05) is 13.1 Å². The van der Waals surface area contributed by atoms with Crippen molar-refractivity contribution in [1.82, 2.24) is 4.90 Å². The number of allylic oxidation sites excluding steroid dienone is 1. The van der Waals surface area contributed by atoms with Gasteiger partial charge in [-0.15, -0.1) is 0 Å². The fourth-order valence-electron chi connectivity index (χ4n) is 2.20. The number of amides is 1. The molecule has 98 valence electrons. The van der Waals surface area contributed by atoms with Gasteiger partial charge in [0.2, 0.25) is 0 Å². The first-order chi connectivity index (χ1) is 8.56. The summed E-state index contributed by atoms with van der Waals surface area (Å²) in [6, 6.07) is 3.97. The molecule has 0 saturated heterocycles. The van der Waals surface area contributed by atoms with E-state index in [1.54, 1.807) is 0 Å². The second-order valence-corrected chi connectivity index (χ2v) is 4.45. The molecule has 0 spiro atoms. The smallest absolute Gasteiger partial charge is 0.254 e. The molecule has 0 radical (unpaired) electrons. The molecular formula is C16H23NO. The molecule has 1 rings (SSSR count). The van der Waals surface area contributed by atoms with Crippen molar-refractivity contribution in [2.24, 2.45) is 0 Å². The van der Waals surface area contributed by atoms with Gasteiger partial charge in [0.15, 0.2) is 0 Å². The minimum absolute atomic E-state index is 0.128. The van der Waals surface area contributed by atoms with E-state index in [9.17, 15) is 4.79 Å². The van der Waals surface area contributed by atoms with Gasteiger partial charge in [0.05, 0.1) is 0 Å². The molecule has 0 aromatic heterocycles. The largest absolute Gasteiger partial charge is 0.339 e. The summed E-state index contributed by atoms with van der Waals surface area (Å²) < 4.78 is 0. The fraction of sp³-hybridized carbons (Fsp3) is 0.438. The number of benzene rings is 1. The van der Waals surface area contributed by atoms with Crippen LogP contribution in [0.2, 0.25) is 0 Å². The number of aryl methyl sites for hydroxylation is 1. The molecule has 0 aliphatic carbocycles. The Balaban J connectivity index is 3.26. The van der Waals surface area contributed by atoms with Gasteiger partial charge in [0.25, 0.3) is 5.91 Å². The summed E-state index contributed by atoms with van der Waals surface area (Å²) in [6.45, 7) is 11.6. The van der Waals surface area contributed by atoms with Gasteiger partial charge >= 0.3 is 0 Å². The lowest BCUT2D eigenvalue weighted by Gasteiger charge is -2.21. The molecule has 0 heterocycles. The van der Waals surface area contributed by atoms with Gasteiger partial charge in [-0.1, -0.05) is 18.2 Å². The van der Waals surface area contributed by atoms with E-state index in [-0.39, 0.29) is 5.91 Å². The molecule has 1 aromatic carbocycles. The maximum atomic E-state index is 12.4. The van der Waals surface area contributed by atoms with Crippen LogP contribution in [0, 0.1) is 13.8 Å². The van der Waals surface area contributed by atoms with Crippen LogP contribution in [-0.2, 0) is 0 Å². The minimum Gasteiger partial charge on any atom is -0.339 e. The third-order valence-electron chi connectivity index (χ3n) is 3.35. The maximum absolute atomic E-state index is 12.4. The quantitative estimate of drug-likeness (QED) is 0.789. The van der Waals surface area contributed by atoms with Crippen LogP contribution in [0.3, 0.4) is 0 Å². The van der Waals surface area contributed by atoms with Crippen molar-refractivity contribution >= 4 is 12.0 Å². The Morgan fingerprint density at radius 3 is 2.33 bits per heavy atom. The highest BCUT2D eigenvalue weighted by Crippen LogP contribution is 2.21. The van der Waals surface area contributed by atoms with Crippen LogP contribution in [0.1, 0.15) is 47.8 Å². The van der Waals surface area contributed by atoms with Gasteiger partial charge < -0.3 is 4.90 Å². The number of hydrogen-bond donors (Lipinski definition) is 0. The van der Waals surface area contributed by atoms with Crippen LogP contribution < -0.4 is 0 Å². The van der Waals surface area contributed by atoms with Crippen LogP contribution in [0.4, 0.5) is 0 Å². The van der Waals surface area contributed by atoms with Gasteiger partial charge in [0, 0.05) is 18.7 Å². The molecule has 1 amide bonds. The van der Waals surface area contributed by atoms with E-state index >= 15 is 0 Å². The summed E-state index contributed by atoms with van der Waals surface area (Å²) in [5.41, 5.74) is 4.26. The second-order valence-electron chi connectivity index (χ2n) is 4.45. The Hall–Kier alpha value is -1.57. The zero-order valence-corrected chi connectivity index (χ0v) is 12.1. The van der Waals surface area contributed by atoms with Crippen molar-refractivity contribution in [2.45, 2.75) is 34.6 Å². The Labute approximate surface area is 110 Å². The van der Waals surface area contributed by atoms with Crippen molar-refractivity contribution in [3.8, 4) is 0 Å². The molecule has 0 N–H and O–H groups in total. The second kappa shape index (κ2) is 6.39. The molecule has 0 unspecified atom stereocenters. The molecule has 0 bridgehead atoms. The molecular weight excluding hydrogens is 222 g/mol. The van der Waals surface area contributed by atoms with Crippen LogP contribution in [-0.4, -0.2) is 23.9 Å². The minimum atomic E-state index is 0.128. The Kier molecular flexibility index (Phi) is 5.14. The molecule has 2 nitrogen and oxygen atoms in total. The third-order valence-corrected chi connectivity index (χ3v) is 3.35. The Morgan fingerprint density at radius 1 is 1.22 bits per heavy atom. The number of carbonyl (C=O) groups excluding carboxylic acids is 1. The van der Waals surface area contributed by atoms with Crippen molar-refractivity contribution in [3.05, 3.63) is 40.5 Å². The van der Waals surface area contributed by atoms with Gasteiger partial charge in [-0.3, -0.25) is 4.79 Å². The topological polar surface area (TPSA) is 20.3 Å². The van der Waals surface area contributed by atoms with Crippen LogP contribution in [0.25, 0.3) is 6.08 Å². The van der Waals surface area contributed by atoms with Gasteiger partial charge in [-0.25, -0.2) is 0 Å². The van der Waals surface area contributed by atoms with Gasteiger partial charge in [-0.2, -0.15) is 0 Å². The average molecular weight is 245 g/mol. The fourth-order valence-corrected chi connectivity index (χ4v) is 2.20. The highest BCUT2D eigenvalue weighted by atomic mass is 16.2. The van der Waals surface area contributed by atoms with Crippen molar-refractivity contribution < 1.29 is 4.79 Å². The van der Waals surface area contributed by atoms with E-state index in [1.807, 2.05) is 50.8 Å². The van der Waals surface area contributed by atoms with E-state index in [0.717, 1.165) is 29.8 Å². The normalized spacial score (nSPS) is 10.9. The summed E-state index contributed by atoms with van der Waals surface area (Å²) in [5.74, 6) is 0.128. The number of carbonyl (C=O) groups is 1. The summed E-state index contributed by atoms with van der Waals surface area (Å²) in [6.07, 6.45) is 4.09. The average Bonchev–Trinajstić information content (AvgIpc) is 2.36. The Bertz CT molecular complexity index is 456. The zero-order valence-electron chi connectivity index (χ0n) is 12.1. The van der Waals surface area contributed by atoms with Crippen molar-refractivity contribution in [3.63, 3.8) is 0 Å². The highest BCUT2D eigenvalue weighted by molar-refractivity contribution is 5.96. The van der Waals surface area contributed by atoms with Crippen LogP contribution >= 0.6 is 0 Å². The third kappa shape index (κ3) is 2.81. The van der Waals surface area contributed by atoms with Gasteiger partial charge in [-0.05, 0) is 57.4 Å². The van der Waals surface area contributed by atoms with Crippen LogP contribution in [0.15, 0.2) is 18.2 Å². The summed E-state index contributed by atoms with van der Waals surface area (Å²) in [7, 11) is 0. The predicted octanol–water partition coefficient (Wildman–Crippen LogP) is 3.82. The van der Waals surface area contributed by atoms with Crippen LogP contribution in [0.5, 0.6) is 0 Å². The molecule has 1 aromatic rings. The molecule has 2 heteroatoms. The highest BCUT2D eigenvalue weighted by Gasteiger charge is 2.16. The van der Waals surface area contributed by atoms with Crippen molar-refractivity contribution in [1.29, 1.82) is 0 Å². The maximum Gasteiger partial charge on any atom is 0.254 e. The monoisotopic (exact) mass is 245 g/mol. The summed E-state index contributed by atoms with van der Waals surface area (Å²) >= 11 is 0. The molecule has 18 heavy (non-hydrogen) atoms.